The summed E-state index contributed by atoms with van der Waals surface area (Å²) >= 11 is 0. The van der Waals surface area contributed by atoms with Crippen LogP contribution < -0.4 is 5.06 Å². The van der Waals surface area contributed by atoms with Crippen LogP contribution in [0.5, 0.6) is 0 Å². The zero-order valence-electron chi connectivity index (χ0n) is 15.2. The van der Waals surface area contributed by atoms with Gasteiger partial charge in [0.2, 0.25) is 0 Å². The fraction of sp³-hybridized carbons (Fsp3) is 0.0800. The van der Waals surface area contributed by atoms with Gasteiger partial charge in [0, 0.05) is 0 Å². The van der Waals surface area contributed by atoms with Crippen LogP contribution in [0.2, 0.25) is 0 Å². The van der Waals surface area contributed by atoms with Gasteiger partial charge in [-0.05, 0) is 63.9 Å². The lowest BCUT2D eigenvalue weighted by Gasteiger charge is -2.38. The summed E-state index contributed by atoms with van der Waals surface area (Å²) in [5.41, 5.74) is 5.19. The van der Waals surface area contributed by atoms with E-state index in [9.17, 15) is 0 Å². The van der Waals surface area contributed by atoms with Crippen LogP contribution in [0.1, 0.15) is 28.3 Å². The van der Waals surface area contributed by atoms with Crippen LogP contribution in [-0.4, -0.2) is 0 Å². The molecule has 0 aromatic heterocycles. The lowest BCUT2D eigenvalue weighted by atomic mass is 9.90. The first kappa shape index (κ1) is 16.6. The minimum atomic E-state index is -0.0801. The highest BCUT2D eigenvalue weighted by molar-refractivity contribution is 5.84. The molecule has 4 aromatic rings. The molecule has 3 nitrogen and oxygen atoms in total. The van der Waals surface area contributed by atoms with E-state index in [-0.39, 0.29) is 6.04 Å². The van der Waals surface area contributed by atoms with Crippen molar-refractivity contribution < 1.29 is 4.84 Å². The van der Waals surface area contributed by atoms with E-state index in [1.165, 1.54) is 21.9 Å². The van der Waals surface area contributed by atoms with Crippen LogP contribution in [-0.2, 0) is 11.4 Å². The highest BCUT2D eigenvalue weighted by Gasteiger charge is 2.30. The molecule has 0 fully saturated rings. The van der Waals surface area contributed by atoms with E-state index in [1.807, 2.05) is 47.5 Å². The molecule has 0 bridgehead atoms. The third-order valence-electron chi connectivity index (χ3n) is 5.26. The molecule has 0 amide bonds. The van der Waals surface area contributed by atoms with Crippen LogP contribution in [0.25, 0.3) is 10.8 Å². The molecule has 0 aliphatic carbocycles. The van der Waals surface area contributed by atoms with Gasteiger partial charge < -0.3 is 0 Å². The van der Waals surface area contributed by atoms with Gasteiger partial charge in [0.1, 0.15) is 12.6 Å². The number of fused-ring (bicyclic) bond motifs is 2. The number of hydrogen-bond acceptors (Lipinski definition) is 3. The maximum atomic E-state index is 9.16. The zero-order chi connectivity index (χ0) is 18.9. The van der Waals surface area contributed by atoms with Crippen molar-refractivity contribution in [3.8, 4) is 6.07 Å². The molecule has 0 radical (unpaired) electrons. The molecule has 0 spiro atoms. The van der Waals surface area contributed by atoms with Crippen LogP contribution in [0.4, 0.5) is 5.69 Å². The van der Waals surface area contributed by atoms with Crippen LogP contribution >= 0.6 is 0 Å². The van der Waals surface area contributed by atoms with Crippen LogP contribution in [0.15, 0.2) is 91.0 Å². The van der Waals surface area contributed by atoms with E-state index in [1.54, 1.807) is 0 Å². The highest BCUT2D eigenvalue weighted by atomic mass is 16.7. The van der Waals surface area contributed by atoms with Crippen molar-refractivity contribution in [1.82, 2.24) is 0 Å². The van der Waals surface area contributed by atoms with Gasteiger partial charge >= 0.3 is 0 Å². The number of benzene rings is 4. The Hall–Kier alpha value is -3.61. The number of para-hydroxylation sites is 1. The Balaban J connectivity index is 1.71. The topological polar surface area (TPSA) is 36.3 Å². The Labute approximate surface area is 164 Å². The number of hydroxylamine groups is 1. The summed E-state index contributed by atoms with van der Waals surface area (Å²) in [4.78, 5) is 6.23. The molecule has 0 saturated heterocycles. The second-order valence-corrected chi connectivity index (χ2v) is 6.97. The number of hydrogen-bond donors (Lipinski definition) is 0. The first-order valence-electron chi connectivity index (χ1n) is 9.32. The van der Waals surface area contributed by atoms with Crippen molar-refractivity contribution in [3.63, 3.8) is 0 Å². The predicted molar refractivity (Wildman–Crippen MR) is 111 cm³/mol. The molecule has 0 N–H and O–H groups in total. The summed E-state index contributed by atoms with van der Waals surface area (Å²) in [5.74, 6) is 0. The summed E-state index contributed by atoms with van der Waals surface area (Å²) < 4.78 is 0. The molecular weight excluding hydrogens is 344 g/mol. The molecule has 3 heteroatoms. The van der Waals surface area contributed by atoms with Crippen molar-refractivity contribution in [1.29, 1.82) is 5.26 Å². The largest absolute Gasteiger partial charge is 0.268 e. The third-order valence-corrected chi connectivity index (χ3v) is 5.26. The summed E-state index contributed by atoms with van der Waals surface area (Å²) in [6, 6.07) is 33.0. The maximum Gasteiger partial charge on any atom is 0.107 e. The van der Waals surface area contributed by atoms with Crippen molar-refractivity contribution in [2.75, 3.05) is 5.06 Å². The Morgan fingerprint density at radius 2 is 1.50 bits per heavy atom. The van der Waals surface area contributed by atoms with Crippen molar-refractivity contribution >= 4 is 16.5 Å². The van der Waals surface area contributed by atoms with Crippen LogP contribution in [0.3, 0.4) is 0 Å². The molecule has 1 atom stereocenters. The normalized spacial score (nSPS) is 15.8. The summed E-state index contributed by atoms with van der Waals surface area (Å²) in [7, 11) is 0. The van der Waals surface area contributed by atoms with Gasteiger partial charge in [0.05, 0.1) is 17.3 Å². The van der Waals surface area contributed by atoms with Gasteiger partial charge in [-0.25, -0.2) is 5.06 Å². The van der Waals surface area contributed by atoms with E-state index < -0.39 is 0 Å². The van der Waals surface area contributed by atoms with E-state index in [2.05, 4.69) is 54.6 Å². The molecule has 1 aliphatic rings. The van der Waals surface area contributed by atoms with Gasteiger partial charge in [-0.15, -0.1) is 0 Å². The van der Waals surface area contributed by atoms with Gasteiger partial charge in [0.25, 0.3) is 0 Å². The van der Waals surface area contributed by atoms with E-state index in [4.69, 9.17) is 10.1 Å². The second-order valence-electron chi connectivity index (χ2n) is 6.97. The Morgan fingerprint density at radius 1 is 0.821 bits per heavy atom. The zero-order valence-corrected chi connectivity index (χ0v) is 15.2. The van der Waals surface area contributed by atoms with Crippen molar-refractivity contribution in [3.05, 3.63) is 113 Å². The Kier molecular flexibility index (Phi) is 4.05. The summed E-state index contributed by atoms with van der Waals surface area (Å²) in [6.07, 6.45) is 0. The smallest absolute Gasteiger partial charge is 0.107 e. The standard InChI is InChI=1S/C25H18N2O/c26-16-18-10-12-19(13-11-18)25-24-15-21-7-5-4-6-20(21)14-22(24)17-28-27(25)23-8-2-1-3-9-23/h1-15,25H,17H2. The number of anilines is 1. The molecular formula is C25H18N2O. The molecule has 5 rings (SSSR count). The fourth-order valence-electron chi connectivity index (χ4n) is 3.88. The molecule has 134 valence electrons. The second kappa shape index (κ2) is 6.84. The Morgan fingerprint density at radius 3 is 2.21 bits per heavy atom. The molecule has 28 heavy (non-hydrogen) atoms. The monoisotopic (exact) mass is 362 g/mol. The van der Waals surface area contributed by atoms with Crippen LogP contribution in [0, 0.1) is 11.3 Å². The molecule has 1 aliphatic heterocycles. The molecule has 1 heterocycles. The average Bonchev–Trinajstić information content (AvgIpc) is 2.77. The average molecular weight is 362 g/mol. The molecule has 4 aromatic carbocycles. The van der Waals surface area contributed by atoms with Crippen molar-refractivity contribution in [2.24, 2.45) is 0 Å². The van der Waals surface area contributed by atoms with Gasteiger partial charge in [-0.1, -0.05) is 54.6 Å². The Bertz CT molecular complexity index is 1180. The van der Waals surface area contributed by atoms with E-state index in [0.717, 1.165) is 11.3 Å². The quantitative estimate of drug-likeness (QED) is 0.455. The first-order valence-corrected chi connectivity index (χ1v) is 9.32. The highest BCUT2D eigenvalue weighted by Crippen LogP contribution is 2.40. The van der Waals surface area contributed by atoms with E-state index >= 15 is 0 Å². The lowest BCUT2D eigenvalue weighted by Crippen LogP contribution is -2.34. The van der Waals surface area contributed by atoms with Gasteiger partial charge in [-0.2, -0.15) is 5.26 Å². The fourth-order valence-corrected chi connectivity index (χ4v) is 3.88. The SMILES string of the molecule is N#Cc1ccc(C2c3cc4ccccc4cc3CON2c2ccccc2)cc1. The lowest BCUT2D eigenvalue weighted by molar-refractivity contribution is 0.0665. The first-order chi connectivity index (χ1) is 13.8. The number of nitriles is 1. The number of nitrogens with zero attached hydrogens (tertiary/aromatic N) is 2. The van der Waals surface area contributed by atoms with Gasteiger partial charge in [-0.3, -0.25) is 4.84 Å². The predicted octanol–water partition coefficient (Wildman–Crippen LogP) is 5.75. The van der Waals surface area contributed by atoms with Crippen molar-refractivity contribution in [2.45, 2.75) is 12.6 Å². The van der Waals surface area contributed by atoms with Gasteiger partial charge in [0.15, 0.2) is 0 Å². The summed E-state index contributed by atoms with van der Waals surface area (Å²) in [5, 5.41) is 13.6. The van der Waals surface area contributed by atoms with E-state index in [0.29, 0.717) is 12.2 Å². The maximum absolute atomic E-state index is 9.16. The minimum Gasteiger partial charge on any atom is -0.268 e. The molecule has 0 saturated carbocycles. The number of rotatable bonds is 2. The summed E-state index contributed by atoms with van der Waals surface area (Å²) in [6.45, 7) is 0.530. The minimum absolute atomic E-state index is 0.0801. The third kappa shape index (κ3) is 2.81. The molecule has 1 unspecified atom stereocenters.